The second kappa shape index (κ2) is 17.4. The molecule has 1 saturated carbocycles. The zero-order valence-corrected chi connectivity index (χ0v) is 26.5. The number of rotatable bonds is 4. The molecule has 2 nitrogen and oxygen atoms in total. The van der Waals surface area contributed by atoms with Crippen molar-refractivity contribution in [1.29, 1.82) is 0 Å². The zero-order chi connectivity index (χ0) is 29.8. The molecule has 3 aromatic rings. The summed E-state index contributed by atoms with van der Waals surface area (Å²) in [5.74, 6) is -10.4. The van der Waals surface area contributed by atoms with Crippen LogP contribution in [-0.4, -0.2) is 11.3 Å². The summed E-state index contributed by atoms with van der Waals surface area (Å²) in [6.45, 7) is 0. The molecule has 3 aromatic carbocycles. The molecule has 0 spiro atoms. The predicted octanol–water partition coefficient (Wildman–Crippen LogP) is 11.3. The van der Waals surface area contributed by atoms with Crippen LogP contribution < -0.4 is 0 Å². The summed E-state index contributed by atoms with van der Waals surface area (Å²) < 4.78 is 69.7. The molecule has 1 fully saturated rings. The third kappa shape index (κ3) is 9.11. The molecule has 0 bridgehead atoms. The molecule has 220 valence electrons. The topological polar surface area (TPSA) is 32.6 Å². The van der Waals surface area contributed by atoms with E-state index in [2.05, 4.69) is 4.99 Å². The summed E-state index contributed by atoms with van der Waals surface area (Å²) in [4.78, 5) is 3.67. The van der Waals surface area contributed by atoms with Gasteiger partial charge in [0.2, 0.25) is 5.82 Å². The Hall–Kier alpha value is -1.76. The molecular formula is C31H32Cl2F5NOZr. The van der Waals surface area contributed by atoms with Crippen LogP contribution in [0.25, 0.3) is 11.1 Å². The van der Waals surface area contributed by atoms with Crippen molar-refractivity contribution in [1.82, 2.24) is 0 Å². The Morgan fingerprint density at radius 3 is 1.66 bits per heavy atom. The number of aromatic hydroxyl groups is 1. The Labute approximate surface area is 256 Å². The van der Waals surface area contributed by atoms with Crippen molar-refractivity contribution in [3.05, 3.63) is 82.7 Å². The quantitative estimate of drug-likeness (QED) is 0.126. The van der Waals surface area contributed by atoms with Gasteiger partial charge in [-0.2, -0.15) is 0 Å². The molecule has 0 atom stereocenters. The Morgan fingerprint density at radius 2 is 1.15 bits per heavy atom. The molecule has 0 radical (unpaired) electrons. The summed E-state index contributed by atoms with van der Waals surface area (Å²) in [5, 5.41) is 11.5. The fourth-order valence-electron chi connectivity index (χ4n) is 5.26. The third-order valence-electron chi connectivity index (χ3n) is 7.39. The van der Waals surface area contributed by atoms with Crippen LogP contribution >= 0.6 is 17.0 Å². The molecule has 0 heterocycles. The number of halogens is 7. The Morgan fingerprint density at radius 1 is 0.683 bits per heavy atom. The van der Waals surface area contributed by atoms with E-state index in [4.69, 9.17) is 17.0 Å². The number of phenolic OH excluding ortho intramolecular Hbond substituents is 1. The van der Waals surface area contributed by atoms with Crippen LogP contribution in [0.15, 0.2) is 47.5 Å². The third-order valence-corrected chi connectivity index (χ3v) is 7.39. The van der Waals surface area contributed by atoms with Crippen LogP contribution in [0, 0.1) is 29.1 Å². The Kier molecular flexibility index (Phi) is 14.3. The van der Waals surface area contributed by atoms with Gasteiger partial charge < -0.3 is 5.11 Å². The zero-order valence-electron chi connectivity index (χ0n) is 22.5. The SMILES string of the molecule is Oc1c(C2CCCCCCCCCCC2)ccc(-c2ccccc2)c1C=Nc1c(F)c(F)c(F)c(F)c1F.[Cl][Zr][Cl]. The molecule has 0 saturated heterocycles. The molecule has 0 amide bonds. The summed E-state index contributed by atoms with van der Waals surface area (Å²) >= 11 is -0.826. The second-order valence-electron chi connectivity index (χ2n) is 10.0. The van der Waals surface area contributed by atoms with Gasteiger partial charge in [0.1, 0.15) is 11.4 Å². The van der Waals surface area contributed by atoms with Crippen molar-refractivity contribution >= 4 is 28.9 Å². The maximum absolute atomic E-state index is 14.3. The van der Waals surface area contributed by atoms with E-state index >= 15 is 0 Å². The van der Waals surface area contributed by atoms with Gasteiger partial charge in [-0.25, -0.2) is 26.9 Å². The van der Waals surface area contributed by atoms with Crippen LogP contribution in [0.3, 0.4) is 0 Å². The van der Waals surface area contributed by atoms with Crippen molar-refractivity contribution in [2.24, 2.45) is 4.99 Å². The average Bonchev–Trinajstić information content (AvgIpc) is 2.97. The Balaban J connectivity index is 0.00000147. The number of phenols is 1. The van der Waals surface area contributed by atoms with Gasteiger partial charge in [-0.1, -0.05) is 100 Å². The van der Waals surface area contributed by atoms with E-state index in [0.29, 0.717) is 16.7 Å². The van der Waals surface area contributed by atoms with Crippen LogP contribution in [0.1, 0.15) is 87.7 Å². The van der Waals surface area contributed by atoms with Crippen molar-refractivity contribution in [2.75, 3.05) is 0 Å². The summed E-state index contributed by atoms with van der Waals surface area (Å²) in [7, 11) is 9.87. The normalized spacial score (nSPS) is 15.5. The minimum atomic E-state index is -2.24. The van der Waals surface area contributed by atoms with Crippen LogP contribution in [0.5, 0.6) is 5.75 Å². The number of nitrogens with zero attached hydrogens (tertiary/aromatic N) is 1. The maximum atomic E-state index is 14.3. The fraction of sp³-hybridized carbons (Fsp3) is 0.387. The first-order valence-electron chi connectivity index (χ1n) is 13.7. The number of benzene rings is 3. The fourth-order valence-corrected chi connectivity index (χ4v) is 5.26. The van der Waals surface area contributed by atoms with Crippen LogP contribution in [0.2, 0.25) is 0 Å². The number of hydrogen-bond donors (Lipinski definition) is 1. The van der Waals surface area contributed by atoms with Crippen molar-refractivity contribution in [3.8, 4) is 16.9 Å². The first-order chi connectivity index (χ1) is 19.8. The predicted molar refractivity (Wildman–Crippen MR) is 152 cm³/mol. The standard InChI is InChI=1S/C31H32F5NO.2ClH.Zr/c32-25-26(33)28(35)30(29(36)27(25)34)37-19-24-22(20-13-11-8-12-14-20)17-18-23(31(24)38)21-15-9-6-4-2-1-3-5-7-10-16-21;;;/h8,11-14,17-19,21,38H,1-7,9-10,15-16H2;2*1H;/q;;;+2/p-2. The summed E-state index contributed by atoms with van der Waals surface area (Å²) in [6.07, 6.45) is 13.2. The molecule has 10 heteroatoms. The molecule has 1 aliphatic rings. The number of aliphatic imine (C=N–C) groups is 1. The molecule has 0 aromatic heterocycles. The van der Waals surface area contributed by atoms with Gasteiger partial charge >= 0.3 is 37.9 Å². The number of hydrogen-bond acceptors (Lipinski definition) is 2. The molecular weight excluding hydrogens is 659 g/mol. The minimum absolute atomic E-state index is 0.0839. The van der Waals surface area contributed by atoms with Crippen LogP contribution in [0.4, 0.5) is 27.6 Å². The second-order valence-corrected chi connectivity index (χ2v) is 13.8. The van der Waals surface area contributed by atoms with Gasteiger partial charge in [0, 0.05) is 11.8 Å². The van der Waals surface area contributed by atoms with E-state index in [1.54, 1.807) is 24.3 Å². The van der Waals surface area contributed by atoms with Gasteiger partial charge in [-0.3, -0.25) is 0 Å². The Bertz CT molecular complexity index is 1270. The van der Waals surface area contributed by atoms with Crippen molar-refractivity contribution < 1.29 is 47.9 Å². The van der Waals surface area contributed by atoms with E-state index in [9.17, 15) is 27.1 Å². The molecule has 0 aliphatic heterocycles. The van der Waals surface area contributed by atoms with E-state index in [1.165, 1.54) is 32.1 Å². The molecule has 1 aliphatic carbocycles. The first kappa shape index (κ1) is 33.7. The van der Waals surface area contributed by atoms with E-state index < -0.39 is 55.6 Å². The first-order valence-corrected chi connectivity index (χ1v) is 20.1. The van der Waals surface area contributed by atoms with Crippen molar-refractivity contribution in [2.45, 2.75) is 76.5 Å². The average molecular weight is 692 g/mol. The molecule has 0 unspecified atom stereocenters. The van der Waals surface area contributed by atoms with Gasteiger partial charge in [-0.05, 0) is 35.4 Å². The molecule has 41 heavy (non-hydrogen) atoms. The van der Waals surface area contributed by atoms with E-state index in [-0.39, 0.29) is 17.2 Å². The van der Waals surface area contributed by atoms with Gasteiger partial charge in [-0.15, -0.1) is 0 Å². The van der Waals surface area contributed by atoms with Gasteiger partial charge in [0.05, 0.1) is 0 Å². The summed E-state index contributed by atoms with van der Waals surface area (Å²) in [5.41, 5.74) is 0.833. The molecule has 1 N–H and O–H groups in total. The molecule has 4 rings (SSSR count). The monoisotopic (exact) mass is 689 g/mol. The van der Waals surface area contributed by atoms with E-state index in [1.807, 2.05) is 18.2 Å². The van der Waals surface area contributed by atoms with Gasteiger partial charge in [0.15, 0.2) is 23.3 Å². The van der Waals surface area contributed by atoms with E-state index in [0.717, 1.165) is 44.7 Å². The summed E-state index contributed by atoms with van der Waals surface area (Å²) in [6, 6.07) is 12.7. The van der Waals surface area contributed by atoms with Gasteiger partial charge in [0.25, 0.3) is 0 Å². The van der Waals surface area contributed by atoms with Crippen molar-refractivity contribution in [3.63, 3.8) is 0 Å². The van der Waals surface area contributed by atoms with Crippen LogP contribution in [-0.2, 0) is 20.8 Å².